The van der Waals surface area contributed by atoms with Gasteiger partial charge in [-0.2, -0.15) is 5.10 Å². The molecule has 162 valence electrons. The molecule has 0 saturated heterocycles. The van der Waals surface area contributed by atoms with Crippen molar-refractivity contribution >= 4 is 5.91 Å². The maximum Gasteiger partial charge on any atom is 0.270 e. The van der Waals surface area contributed by atoms with Gasteiger partial charge in [0.1, 0.15) is 5.69 Å². The van der Waals surface area contributed by atoms with Crippen LogP contribution in [-0.2, 0) is 13.5 Å². The summed E-state index contributed by atoms with van der Waals surface area (Å²) in [6.07, 6.45) is 9.37. The molecule has 3 aromatic rings. The number of aromatic nitrogens is 4. The van der Waals surface area contributed by atoms with Gasteiger partial charge in [0.2, 0.25) is 0 Å². The summed E-state index contributed by atoms with van der Waals surface area (Å²) in [5.74, 6) is -0.222. The molecule has 2 atom stereocenters. The second kappa shape index (κ2) is 8.98. The highest BCUT2D eigenvalue weighted by molar-refractivity contribution is 5.92. The lowest BCUT2D eigenvalue weighted by Crippen LogP contribution is -2.45. The Morgan fingerprint density at radius 3 is 2.71 bits per heavy atom. The molecule has 1 amide bonds. The van der Waals surface area contributed by atoms with E-state index >= 15 is 0 Å². The van der Waals surface area contributed by atoms with Crippen molar-refractivity contribution < 1.29 is 9.90 Å². The molecule has 4 rings (SSSR count). The number of rotatable bonds is 5. The molecule has 0 spiro atoms. The molecule has 0 aliphatic heterocycles. The molecule has 1 aliphatic rings. The van der Waals surface area contributed by atoms with Crippen LogP contribution in [0.5, 0.6) is 0 Å². The second-order valence-corrected chi connectivity index (χ2v) is 8.44. The first-order chi connectivity index (χ1) is 14.9. The lowest BCUT2D eigenvalue weighted by Gasteiger charge is -2.28. The molecule has 0 radical (unpaired) electrons. The van der Waals surface area contributed by atoms with Crippen molar-refractivity contribution in [1.29, 1.82) is 0 Å². The largest absolute Gasteiger partial charge is 0.391 e. The predicted octanol–water partition coefficient (Wildman–Crippen LogP) is 3.12. The summed E-state index contributed by atoms with van der Waals surface area (Å²) in [4.78, 5) is 21.9. The lowest BCUT2D eigenvalue weighted by molar-refractivity contribution is 0.0713. The Hall–Kier alpha value is -3.06. The van der Waals surface area contributed by atoms with Crippen molar-refractivity contribution in [1.82, 2.24) is 25.1 Å². The number of carbonyl (C=O) groups is 1. The van der Waals surface area contributed by atoms with Gasteiger partial charge in [-0.15, -0.1) is 0 Å². The van der Waals surface area contributed by atoms with E-state index in [0.29, 0.717) is 12.1 Å². The summed E-state index contributed by atoms with van der Waals surface area (Å²) < 4.78 is 1.76. The van der Waals surface area contributed by atoms with Crippen LogP contribution in [0, 0.1) is 13.8 Å². The normalized spacial score (nSPS) is 18.7. The number of aryl methyl sites for hydroxylation is 2. The maximum absolute atomic E-state index is 12.8. The molecule has 1 saturated carbocycles. The third kappa shape index (κ3) is 4.82. The minimum Gasteiger partial charge on any atom is -0.391 e. The fraction of sp³-hybridized carbons (Fsp3) is 0.417. The molecule has 1 aliphatic carbocycles. The van der Waals surface area contributed by atoms with Crippen molar-refractivity contribution in [2.75, 3.05) is 0 Å². The molecule has 0 unspecified atom stereocenters. The molecular formula is C24H29N5O2. The fourth-order valence-corrected chi connectivity index (χ4v) is 4.10. The van der Waals surface area contributed by atoms with E-state index in [-0.39, 0.29) is 11.9 Å². The topological polar surface area (TPSA) is 92.9 Å². The van der Waals surface area contributed by atoms with Gasteiger partial charge in [-0.3, -0.25) is 14.5 Å². The number of nitrogens with one attached hydrogen (secondary N) is 1. The molecule has 7 nitrogen and oxygen atoms in total. The number of carbonyl (C=O) groups excluding carboxylic acids is 1. The molecule has 1 fully saturated rings. The van der Waals surface area contributed by atoms with Gasteiger partial charge < -0.3 is 10.4 Å². The van der Waals surface area contributed by atoms with Crippen molar-refractivity contribution in [2.24, 2.45) is 7.05 Å². The third-order valence-corrected chi connectivity index (χ3v) is 6.12. The lowest BCUT2D eigenvalue weighted by atomic mass is 9.92. The van der Waals surface area contributed by atoms with E-state index in [1.165, 1.54) is 0 Å². The molecule has 31 heavy (non-hydrogen) atoms. The first kappa shape index (κ1) is 21.2. The Morgan fingerprint density at radius 2 is 2.03 bits per heavy atom. The molecule has 2 N–H and O–H groups in total. The van der Waals surface area contributed by atoms with Gasteiger partial charge in [0.15, 0.2) is 0 Å². The van der Waals surface area contributed by atoms with Crippen molar-refractivity contribution in [2.45, 2.75) is 58.1 Å². The number of nitrogens with zero attached hydrogens (tertiary/aromatic N) is 4. The second-order valence-electron chi connectivity index (χ2n) is 8.44. The van der Waals surface area contributed by atoms with E-state index in [1.54, 1.807) is 10.9 Å². The van der Waals surface area contributed by atoms with E-state index < -0.39 is 6.10 Å². The van der Waals surface area contributed by atoms with Crippen LogP contribution >= 0.6 is 0 Å². The SMILES string of the molecule is Cc1nc(C(=O)N[C@H]2CCCC[C@@H]2O)cc(Cc2ccc(-c3cnn(C)c3)nc2)c1C. The predicted molar refractivity (Wildman–Crippen MR) is 119 cm³/mol. The van der Waals surface area contributed by atoms with Gasteiger partial charge in [0, 0.05) is 30.7 Å². The van der Waals surface area contributed by atoms with Crippen molar-refractivity contribution in [3.63, 3.8) is 0 Å². The van der Waals surface area contributed by atoms with Crippen LogP contribution in [0.1, 0.15) is 58.6 Å². The van der Waals surface area contributed by atoms with E-state index in [9.17, 15) is 9.90 Å². The first-order valence-electron chi connectivity index (χ1n) is 10.8. The summed E-state index contributed by atoms with van der Waals surface area (Å²) in [5, 5.41) is 17.3. The Balaban J connectivity index is 1.51. The highest BCUT2D eigenvalue weighted by atomic mass is 16.3. The monoisotopic (exact) mass is 419 g/mol. The Morgan fingerprint density at radius 1 is 1.23 bits per heavy atom. The van der Waals surface area contributed by atoms with Crippen LogP contribution in [0.3, 0.4) is 0 Å². The van der Waals surface area contributed by atoms with E-state index in [0.717, 1.165) is 59.3 Å². The Kier molecular flexibility index (Phi) is 6.13. The van der Waals surface area contributed by atoms with Gasteiger partial charge >= 0.3 is 0 Å². The van der Waals surface area contributed by atoms with Crippen LogP contribution in [0.2, 0.25) is 0 Å². The van der Waals surface area contributed by atoms with E-state index in [2.05, 4.69) is 26.4 Å². The summed E-state index contributed by atoms with van der Waals surface area (Å²) in [6, 6.07) is 5.72. The van der Waals surface area contributed by atoms with Gasteiger partial charge in [-0.25, -0.2) is 4.98 Å². The smallest absolute Gasteiger partial charge is 0.270 e. The zero-order valence-electron chi connectivity index (χ0n) is 18.3. The van der Waals surface area contributed by atoms with Crippen LogP contribution in [-0.4, -0.2) is 42.9 Å². The van der Waals surface area contributed by atoms with Crippen LogP contribution in [0.15, 0.2) is 36.8 Å². The Bertz CT molecular complexity index is 1070. The fourth-order valence-electron chi connectivity index (χ4n) is 4.10. The minimum atomic E-state index is -0.479. The molecule has 7 heteroatoms. The number of amides is 1. The average molecular weight is 420 g/mol. The molecule has 0 bridgehead atoms. The molecule has 3 aromatic heterocycles. The van der Waals surface area contributed by atoms with Gasteiger partial charge in [-0.05, 0) is 61.9 Å². The van der Waals surface area contributed by atoms with Crippen LogP contribution in [0.4, 0.5) is 0 Å². The third-order valence-electron chi connectivity index (χ3n) is 6.12. The van der Waals surface area contributed by atoms with Crippen LogP contribution < -0.4 is 5.32 Å². The van der Waals surface area contributed by atoms with Crippen molar-refractivity contribution in [3.05, 3.63) is 64.9 Å². The van der Waals surface area contributed by atoms with Crippen molar-refractivity contribution in [3.8, 4) is 11.3 Å². The number of hydrogen-bond acceptors (Lipinski definition) is 5. The maximum atomic E-state index is 12.8. The van der Waals surface area contributed by atoms with Crippen LogP contribution in [0.25, 0.3) is 11.3 Å². The molecule has 3 heterocycles. The zero-order chi connectivity index (χ0) is 22.0. The van der Waals surface area contributed by atoms with E-state index in [4.69, 9.17) is 0 Å². The number of pyridine rings is 2. The highest BCUT2D eigenvalue weighted by Gasteiger charge is 2.25. The van der Waals surface area contributed by atoms with Gasteiger partial charge in [0.05, 0.1) is 24.0 Å². The first-order valence-corrected chi connectivity index (χ1v) is 10.8. The van der Waals surface area contributed by atoms with Gasteiger partial charge in [0.25, 0.3) is 5.91 Å². The standard InChI is InChI=1S/C24H29N5O2/c1-15-16(2)27-22(24(31)28-21-6-4-5-7-23(21)30)11-18(15)10-17-8-9-20(25-12-17)19-13-26-29(3)14-19/h8-9,11-14,21,23,30H,4-7,10H2,1-3H3,(H,28,31)/t21-,23-/m0/s1. The van der Waals surface area contributed by atoms with Gasteiger partial charge in [-0.1, -0.05) is 18.9 Å². The zero-order valence-corrected chi connectivity index (χ0v) is 18.3. The summed E-state index contributed by atoms with van der Waals surface area (Å²) in [6.45, 7) is 3.95. The number of aliphatic hydroxyl groups excluding tert-OH is 1. The average Bonchev–Trinajstić information content (AvgIpc) is 3.19. The minimum absolute atomic E-state index is 0.197. The summed E-state index contributed by atoms with van der Waals surface area (Å²) >= 11 is 0. The molecular weight excluding hydrogens is 390 g/mol. The summed E-state index contributed by atoms with van der Waals surface area (Å²) in [5.41, 5.74) is 6.29. The molecule has 0 aromatic carbocycles. The quantitative estimate of drug-likeness (QED) is 0.663. The van der Waals surface area contributed by atoms with E-state index in [1.807, 2.05) is 45.4 Å². The Labute approximate surface area is 182 Å². The number of aliphatic hydroxyl groups is 1. The highest BCUT2D eigenvalue weighted by Crippen LogP contribution is 2.22. The number of hydrogen-bond donors (Lipinski definition) is 2. The summed E-state index contributed by atoms with van der Waals surface area (Å²) in [7, 11) is 1.88.